The van der Waals surface area contributed by atoms with Crippen molar-refractivity contribution in [2.24, 2.45) is 0 Å². The standard InChI is InChI=1S/C5H5NO4S2/c7-3-1-2(11)4(8)6(3)10-5(9)12/h2,11H,1H2,(H,9,12). The van der Waals surface area contributed by atoms with E-state index in [0.29, 0.717) is 5.06 Å². The van der Waals surface area contributed by atoms with Gasteiger partial charge in [0.25, 0.3) is 11.8 Å². The largest absolute Gasteiger partial charge is 0.389 e. The average molecular weight is 207 g/mol. The van der Waals surface area contributed by atoms with Crippen molar-refractivity contribution >= 4 is 42.4 Å². The molecule has 1 fully saturated rings. The fourth-order valence-corrected chi connectivity index (χ4v) is 1.11. The van der Waals surface area contributed by atoms with E-state index in [9.17, 15) is 14.4 Å². The van der Waals surface area contributed by atoms with Gasteiger partial charge in [0.15, 0.2) is 0 Å². The molecule has 0 aromatic rings. The number of nitrogens with zero attached hydrogens (tertiary/aromatic N) is 1. The molecule has 1 atom stereocenters. The summed E-state index contributed by atoms with van der Waals surface area (Å²) in [5, 5.41) is -1.34. The van der Waals surface area contributed by atoms with Crippen LogP contribution in [0.3, 0.4) is 0 Å². The van der Waals surface area contributed by atoms with Gasteiger partial charge >= 0.3 is 5.30 Å². The summed E-state index contributed by atoms with van der Waals surface area (Å²) in [4.78, 5) is 36.3. The number of hydroxylamine groups is 2. The fraction of sp³-hybridized carbons (Fsp3) is 0.400. The van der Waals surface area contributed by atoms with Crippen molar-refractivity contribution in [3.63, 3.8) is 0 Å². The van der Waals surface area contributed by atoms with E-state index in [2.05, 4.69) is 30.1 Å². The van der Waals surface area contributed by atoms with Crippen LogP contribution in [0.5, 0.6) is 0 Å². The lowest BCUT2D eigenvalue weighted by atomic mass is 10.4. The number of carbonyl (C=O) groups excluding carboxylic acids is 3. The maximum absolute atomic E-state index is 11.0. The molecule has 66 valence electrons. The van der Waals surface area contributed by atoms with Crippen LogP contribution in [0.2, 0.25) is 0 Å². The monoisotopic (exact) mass is 207 g/mol. The van der Waals surface area contributed by atoms with Crippen LogP contribution < -0.4 is 0 Å². The summed E-state index contributed by atoms with van der Waals surface area (Å²) < 4.78 is 0. The summed E-state index contributed by atoms with van der Waals surface area (Å²) in [5.41, 5.74) is 0. The number of thiol groups is 2. The van der Waals surface area contributed by atoms with Gasteiger partial charge in [0.05, 0.1) is 11.7 Å². The van der Waals surface area contributed by atoms with Crippen molar-refractivity contribution < 1.29 is 19.2 Å². The molecule has 0 bridgehead atoms. The molecule has 1 unspecified atom stereocenters. The van der Waals surface area contributed by atoms with E-state index in [-0.39, 0.29) is 6.42 Å². The highest BCUT2D eigenvalue weighted by molar-refractivity contribution is 7.96. The minimum atomic E-state index is -1.00. The molecule has 2 amide bonds. The smallest absolute Gasteiger partial charge is 0.319 e. The molecule has 0 spiro atoms. The number of hydrogen-bond acceptors (Lipinski definition) is 5. The minimum Gasteiger partial charge on any atom is -0.319 e. The Balaban J connectivity index is 2.70. The molecule has 0 aromatic heterocycles. The highest BCUT2D eigenvalue weighted by Crippen LogP contribution is 2.18. The molecule has 12 heavy (non-hydrogen) atoms. The quantitative estimate of drug-likeness (QED) is 0.470. The SMILES string of the molecule is O=C(S)ON1C(=O)CC(S)C1=O. The molecule has 0 saturated carbocycles. The van der Waals surface area contributed by atoms with Crippen LogP contribution in [0.15, 0.2) is 0 Å². The van der Waals surface area contributed by atoms with E-state index in [1.165, 1.54) is 0 Å². The first kappa shape index (κ1) is 9.40. The number of amides is 2. The minimum absolute atomic E-state index is 0.0526. The third kappa shape index (κ3) is 1.72. The maximum atomic E-state index is 11.0. The second-order valence-electron chi connectivity index (χ2n) is 2.10. The van der Waals surface area contributed by atoms with Gasteiger partial charge in [-0.3, -0.25) is 9.59 Å². The molecule has 1 aliphatic heterocycles. The van der Waals surface area contributed by atoms with E-state index < -0.39 is 22.4 Å². The molecule has 5 nitrogen and oxygen atoms in total. The van der Waals surface area contributed by atoms with Crippen molar-refractivity contribution in [1.82, 2.24) is 5.06 Å². The topological polar surface area (TPSA) is 63.7 Å². The Kier molecular flexibility index (Phi) is 2.63. The maximum Gasteiger partial charge on any atom is 0.389 e. The molecule has 0 aromatic carbocycles. The van der Waals surface area contributed by atoms with Gasteiger partial charge in [0, 0.05) is 0 Å². The highest BCUT2D eigenvalue weighted by atomic mass is 32.1. The molecule has 1 saturated heterocycles. The predicted octanol–water partition coefficient (Wildman–Crippen LogP) is 0.0251. The molecule has 1 rings (SSSR count). The van der Waals surface area contributed by atoms with Crippen LogP contribution in [-0.2, 0) is 14.4 Å². The van der Waals surface area contributed by atoms with Crippen molar-refractivity contribution in [3.8, 4) is 0 Å². The molecule has 1 heterocycles. The zero-order chi connectivity index (χ0) is 9.30. The summed E-state index contributed by atoms with van der Waals surface area (Å²) in [6.45, 7) is 0. The van der Waals surface area contributed by atoms with E-state index in [4.69, 9.17) is 0 Å². The Morgan fingerprint density at radius 2 is 2.17 bits per heavy atom. The molecule has 0 aliphatic carbocycles. The first-order valence-electron chi connectivity index (χ1n) is 2.98. The Hall–Kier alpha value is -0.690. The highest BCUT2D eigenvalue weighted by Gasteiger charge is 2.39. The second kappa shape index (κ2) is 3.36. The Morgan fingerprint density at radius 3 is 2.50 bits per heavy atom. The lowest BCUT2D eigenvalue weighted by molar-refractivity contribution is -0.169. The summed E-state index contributed by atoms with van der Waals surface area (Å²) >= 11 is 7.05. The Morgan fingerprint density at radius 1 is 1.58 bits per heavy atom. The van der Waals surface area contributed by atoms with E-state index in [1.54, 1.807) is 0 Å². The van der Waals surface area contributed by atoms with Crippen LogP contribution in [0.4, 0.5) is 4.79 Å². The van der Waals surface area contributed by atoms with Crippen LogP contribution in [0.25, 0.3) is 0 Å². The van der Waals surface area contributed by atoms with E-state index in [1.807, 2.05) is 0 Å². The van der Waals surface area contributed by atoms with Gasteiger partial charge in [0.2, 0.25) is 0 Å². The number of imide groups is 1. The second-order valence-corrected chi connectivity index (χ2v) is 3.09. The summed E-state index contributed by atoms with van der Waals surface area (Å²) in [7, 11) is 0. The summed E-state index contributed by atoms with van der Waals surface area (Å²) in [6, 6.07) is 0. The van der Waals surface area contributed by atoms with Gasteiger partial charge in [-0.1, -0.05) is 12.6 Å². The average Bonchev–Trinajstić information content (AvgIpc) is 2.16. The van der Waals surface area contributed by atoms with Gasteiger partial charge in [-0.2, -0.15) is 12.6 Å². The Bertz CT molecular complexity index is 254. The molecule has 0 N–H and O–H groups in total. The zero-order valence-corrected chi connectivity index (χ0v) is 7.55. The van der Waals surface area contributed by atoms with E-state index in [0.717, 1.165) is 0 Å². The summed E-state index contributed by atoms with van der Waals surface area (Å²) in [5.74, 6) is -1.21. The first-order chi connectivity index (χ1) is 5.52. The molecule has 7 heteroatoms. The Labute approximate surface area is 78.8 Å². The molecule has 0 radical (unpaired) electrons. The predicted molar refractivity (Wildman–Crippen MR) is 44.7 cm³/mol. The summed E-state index contributed by atoms with van der Waals surface area (Å²) in [6.07, 6.45) is -0.0526. The fourth-order valence-electron chi connectivity index (χ4n) is 0.768. The third-order valence-electron chi connectivity index (χ3n) is 1.25. The molecular formula is C5H5NO4S2. The van der Waals surface area contributed by atoms with Gasteiger partial charge in [-0.05, 0) is 0 Å². The number of rotatable bonds is 1. The van der Waals surface area contributed by atoms with E-state index >= 15 is 0 Å². The van der Waals surface area contributed by atoms with Gasteiger partial charge in [0.1, 0.15) is 0 Å². The lowest BCUT2D eigenvalue weighted by Gasteiger charge is -2.09. The zero-order valence-electron chi connectivity index (χ0n) is 5.76. The van der Waals surface area contributed by atoms with Gasteiger partial charge < -0.3 is 4.84 Å². The van der Waals surface area contributed by atoms with Gasteiger partial charge in [-0.25, -0.2) is 4.79 Å². The van der Waals surface area contributed by atoms with Crippen LogP contribution >= 0.6 is 25.3 Å². The van der Waals surface area contributed by atoms with Crippen LogP contribution in [-0.4, -0.2) is 27.4 Å². The molecule has 1 aliphatic rings. The first-order valence-corrected chi connectivity index (χ1v) is 3.94. The number of hydrogen-bond donors (Lipinski definition) is 2. The van der Waals surface area contributed by atoms with Crippen molar-refractivity contribution in [2.75, 3.05) is 0 Å². The third-order valence-corrected chi connectivity index (χ3v) is 1.73. The van der Waals surface area contributed by atoms with Crippen LogP contribution in [0, 0.1) is 0 Å². The van der Waals surface area contributed by atoms with Crippen molar-refractivity contribution in [3.05, 3.63) is 0 Å². The molecular weight excluding hydrogens is 202 g/mol. The van der Waals surface area contributed by atoms with Crippen molar-refractivity contribution in [2.45, 2.75) is 11.7 Å². The van der Waals surface area contributed by atoms with Crippen LogP contribution in [0.1, 0.15) is 6.42 Å². The normalized spacial score (nSPS) is 23.2. The lowest BCUT2D eigenvalue weighted by Crippen LogP contribution is -2.31. The van der Waals surface area contributed by atoms with Crippen molar-refractivity contribution in [1.29, 1.82) is 0 Å². The van der Waals surface area contributed by atoms with Gasteiger partial charge in [-0.15, -0.1) is 5.06 Å². The number of carbonyl (C=O) groups is 3.